The highest BCUT2D eigenvalue weighted by Crippen LogP contribution is 2.26. The largest absolute Gasteiger partial charge is 0.504 e. The van der Waals surface area contributed by atoms with Crippen molar-refractivity contribution in [3.8, 4) is 11.5 Å². The van der Waals surface area contributed by atoms with Gasteiger partial charge in [-0.05, 0) is 48.7 Å². The molecule has 2 aromatic rings. The lowest BCUT2D eigenvalue weighted by atomic mass is 10.1. The second kappa shape index (κ2) is 9.05. The van der Waals surface area contributed by atoms with Crippen LogP contribution in [0, 0.1) is 0 Å². The van der Waals surface area contributed by atoms with Crippen LogP contribution in [0.4, 0.5) is 5.69 Å². The van der Waals surface area contributed by atoms with E-state index in [0.29, 0.717) is 22.6 Å². The van der Waals surface area contributed by atoms with Crippen molar-refractivity contribution in [3.05, 3.63) is 59.7 Å². The molecular formula is C21H22N2O5. The number of amides is 1. The third-order valence-electron chi connectivity index (χ3n) is 4.31. The molecule has 1 aliphatic rings. The molecule has 146 valence electrons. The summed E-state index contributed by atoms with van der Waals surface area (Å²) < 4.78 is 5.04. The highest BCUT2D eigenvalue weighted by atomic mass is 16.7. The van der Waals surface area contributed by atoms with Gasteiger partial charge in [-0.2, -0.15) is 0 Å². The Balaban J connectivity index is 1.67. The standard InChI is InChI=1S/C21H22N2O5/c1-27-19-14-15(8-10-18(19)24)9-11-20(25)22-17-7-3-2-6-16(17)21(26)28-23-12-4-5-13-23/h2-3,6-11,14,24H,4-5,12-13H2,1H3,(H,22,25)/b11-9+. The first-order valence-corrected chi connectivity index (χ1v) is 8.99. The SMILES string of the molecule is COc1cc(/C=C/C(=O)Nc2ccccc2C(=O)ON2CCCC2)ccc1O. The number of aromatic hydroxyl groups is 1. The van der Waals surface area contributed by atoms with Crippen LogP contribution < -0.4 is 10.1 Å². The smallest absolute Gasteiger partial charge is 0.359 e. The van der Waals surface area contributed by atoms with Gasteiger partial charge in [0.15, 0.2) is 11.5 Å². The first-order chi connectivity index (χ1) is 13.6. The highest BCUT2D eigenvalue weighted by molar-refractivity contribution is 6.06. The fourth-order valence-electron chi connectivity index (χ4n) is 2.86. The number of para-hydroxylation sites is 1. The van der Waals surface area contributed by atoms with Crippen molar-refractivity contribution in [2.24, 2.45) is 0 Å². The molecule has 7 nitrogen and oxygen atoms in total. The van der Waals surface area contributed by atoms with E-state index in [9.17, 15) is 14.7 Å². The maximum Gasteiger partial charge on any atom is 0.359 e. The molecule has 0 aromatic heterocycles. The monoisotopic (exact) mass is 382 g/mol. The maximum atomic E-state index is 12.4. The van der Waals surface area contributed by atoms with Crippen molar-refractivity contribution in [3.63, 3.8) is 0 Å². The van der Waals surface area contributed by atoms with E-state index in [2.05, 4.69) is 5.32 Å². The fourth-order valence-corrected chi connectivity index (χ4v) is 2.86. The Hall–Kier alpha value is -3.32. The predicted molar refractivity (Wildman–Crippen MR) is 105 cm³/mol. The molecule has 7 heteroatoms. The Morgan fingerprint density at radius 1 is 1.14 bits per heavy atom. The Bertz CT molecular complexity index is 888. The number of carbonyl (C=O) groups excluding carboxylic acids is 2. The number of rotatable bonds is 6. The van der Waals surface area contributed by atoms with Crippen molar-refractivity contribution < 1.29 is 24.3 Å². The lowest BCUT2D eigenvalue weighted by Gasteiger charge is -2.15. The van der Waals surface area contributed by atoms with Crippen LogP contribution in [0.25, 0.3) is 6.08 Å². The molecule has 0 saturated carbocycles. The molecule has 0 unspecified atom stereocenters. The summed E-state index contributed by atoms with van der Waals surface area (Å²) in [4.78, 5) is 30.1. The molecule has 1 saturated heterocycles. The van der Waals surface area contributed by atoms with Gasteiger partial charge >= 0.3 is 5.97 Å². The van der Waals surface area contributed by atoms with Crippen molar-refractivity contribution in [2.45, 2.75) is 12.8 Å². The van der Waals surface area contributed by atoms with Crippen LogP contribution in [0.5, 0.6) is 11.5 Å². The molecule has 0 bridgehead atoms. The normalized spacial score (nSPS) is 14.2. The Kier molecular flexibility index (Phi) is 6.29. The fraction of sp³-hybridized carbons (Fsp3) is 0.238. The number of carbonyl (C=O) groups is 2. The van der Waals surface area contributed by atoms with Crippen molar-refractivity contribution in [2.75, 3.05) is 25.5 Å². The first kappa shape index (κ1) is 19.4. The summed E-state index contributed by atoms with van der Waals surface area (Å²) in [6.07, 6.45) is 4.92. The average Bonchev–Trinajstić information content (AvgIpc) is 3.20. The molecule has 1 amide bonds. The molecule has 0 radical (unpaired) electrons. The van der Waals surface area contributed by atoms with Crippen LogP contribution in [0.1, 0.15) is 28.8 Å². The predicted octanol–water partition coefficient (Wildman–Crippen LogP) is 3.22. The highest BCUT2D eigenvalue weighted by Gasteiger charge is 2.20. The molecule has 0 atom stereocenters. The number of phenolic OH excluding ortho intramolecular Hbond substituents is 1. The van der Waals surface area contributed by atoms with Crippen molar-refractivity contribution in [1.82, 2.24) is 5.06 Å². The van der Waals surface area contributed by atoms with Gasteiger partial charge in [0, 0.05) is 19.2 Å². The molecule has 1 heterocycles. The number of methoxy groups -OCH3 is 1. The number of ether oxygens (including phenoxy) is 1. The van der Waals surface area contributed by atoms with E-state index in [0.717, 1.165) is 25.9 Å². The summed E-state index contributed by atoms with van der Waals surface area (Å²) in [6.45, 7) is 1.44. The minimum Gasteiger partial charge on any atom is -0.504 e. The molecule has 1 fully saturated rings. The summed E-state index contributed by atoms with van der Waals surface area (Å²) in [5.41, 5.74) is 1.36. The third-order valence-corrected chi connectivity index (χ3v) is 4.31. The van der Waals surface area contributed by atoms with Gasteiger partial charge in [-0.15, -0.1) is 5.06 Å². The quantitative estimate of drug-likeness (QED) is 0.746. The summed E-state index contributed by atoms with van der Waals surface area (Å²) in [5.74, 6) is -0.550. The Morgan fingerprint density at radius 3 is 2.64 bits per heavy atom. The van der Waals surface area contributed by atoms with Gasteiger partial charge in [0.2, 0.25) is 5.91 Å². The lowest BCUT2D eigenvalue weighted by molar-refractivity contribution is -0.111. The number of nitrogens with zero attached hydrogens (tertiary/aromatic N) is 1. The number of hydrogen-bond acceptors (Lipinski definition) is 6. The topological polar surface area (TPSA) is 88.1 Å². The minimum atomic E-state index is -0.495. The van der Waals surface area contributed by atoms with Gasteiger partial charge in [-0.3, -0.25) is 4.79 Å². The second-order valence-corrected chi connectivity index (χ2v) is 6.31. The maximum absolute atomic E-state index is 12.4. The van der Waals surface area contributed by atoms with Gasteiger partial charge in [0.05, 0.1) is 18.4 Å². The number of nitrogens with one attached hydrogen (secondary N) is 1. The number of hydrogen-bond donors (Lipinski definition) is 2. The summed E-state index contributed by atoms with van der Waals surface area (Å²) in [7, 11) is 1.45. The summed E-state index contributed by atoms with van der Waals surface area (Å²) >= 11 is 0. The number of phenols is 1. The van der Waals surface area contributed by atoms with E-state index in [1.165, 1.54) is 19.3 Å². The average molecular weight is 382 g/mol. The number of hydroxylamine groups is 2. The van der Waals surface area contributed by atoms with Crippen LogP contribution in [-0.2, 0) is 9.63 Å². The van der Waals surface area contributed by atoms with E-state index in [4.69, 9.17) is 9.57 Å². The molecule has 1 aliphatic heterocycles. The molecule has 0 spiro atoms. The molecule has 2 aromatic carbocycles. The van der Waals surface area contributed by atoms with Crippen LogP contribution in [0.3, 0.4) is 0 Å². The molecule has 3 rings (SSSR count). The second-order valence-electron chi connectivity index (χ2n) is 6.31. The van der Waals surface area contributed by atoms with E-state index in [1.807, 2.05) is 0 Å². The van der Waals surface area contributed by atoms with Crippen molar-refractivity contribution in [1.29, 1.82) is 0 Å². The Labute approximate surface area is 163 Å². The van der Waals surface area contributed by atoms with E-state index < -0.39 is 11.9 Å². The van der Waals surface area contributed by atoms with Crippen LogP contribution >= 0.6 is 0 Å². The zero-order chi connectivity index (χ0) is 19.9. The Morgan fingerprint density at radius 2 is 1.89 bits per heavy atom. The number of benzene rings is 2. The number of anilines is 1. The lowest BCUT2D eigenvalue weighted by Crippen LogP contribution is -2.25. The van der Waals surface area contributed by atoms with Gasteiger partial charge in [0.1, 0.15) is 0 Å². The molecule has 28 heavy (non-hydrogen) atoms. The third kappa shape index (κ3) is 4.89. The van der Waals surface area contributed by atoms with E-state index >= 15 is 0 Å². The minimum absolute atomic E-state index is 0.0227. The van der Waals surface area contributed by atoms with Crippen LogP contribution in [0.15, 0.2) is 48.5 Å². The van der Waals surface area contributed by atoms with Gasteiger partial charge < -0.3 is 20.0 Å². The van der Waals surface area contributed by atoms with Gasteiger partial charge in [-0.25, -0.2) is 4.79 Å². The summed E-state index contributed by atoms with van der Waals surface area (Å²) in [5, 5.41) is 14.0. The zero-order valence-electron chi connectivity index (χ0n) is 15.6. The van der Waals surface area contributed by atoms with Gasteiger partial charge in [-0.1, -0.05) is 18.2 Å². The van der Waals surface area contributed by atoms with Crippen LogP contribution in [-0.4, -0.2) is 42.2 Å². The van der Waals surface area contributed by atoms with E-state index in [1.54, 1.807) is 47.5 Å². The zero-order valence-corrected chi connectivity index (χ0v) is 15.6. The van der Waals surface area contributed by atoms with E-state index in [-0.39, 0.29) is 5.75 Å². The molecule has 2 N–H and O–H groups in total. The summed E-state index contributed by atoms with van der Waals surface area (Å²) in [6, 6.07) is 11.5. The van der Waals surface area contributed by atoms with Gasteiger partial charge in [0.25, 0.3) is 0 Å². The molecule has 0 aliphatic carbocycles. The van der Waals surface area contributed by atoms with Crippen molar-refractivity contribution >= 4 is 23.6 Å². The molecular weight excluding hydrogens is 360 g/mol. The first-order valence-electron chi connectivity index (χ1n) is 8.99. The van der Waals surface area contributed by atoms with Crippen LogP contribution in [0.2, 0.25) is 0 Å².